The lowest BCUT2D eigenvalue weighted by atomic mass is 10.0. The molecule has 1 atom stereocenters. The quantitative estimate of drug-likeness (QED) is 0.365. The molecule has 0 radical (unpaired) electrons. The number of nitrogens with one attached hydrogen (secondary N) is 1. The summed E-state index contributed by atoms with van der Waals surface area (Å²) in [7, 11) is 0. The molecule has 162 valence electrons. The molecule has 2 aromatic carbocycles. The highest BCUT2D eigenvalue weighted by molar-refractivity contribution is 5.91. The average Bonchev–Trinajstić information content (AvgIpc) is 3.16. The van der Waals surface area contributed by atoms with Crippen LogP contribution in [0.25, 0.3) is 28.5 Å². The molecule has 31 heavy (non-hydrogen) atoms. The Hall–Kier alpha value is -3.10. The first kappa shape index (κ1) is 21.1. The molecule has 3 aromatic rings. The van der Waals surface area contributed by atoms with Gasteiger partial charge in [0.2, 0.25) is 0 Å². The van der Waals surface area contributed by atoms with Crippen molar-refractivity contribution in [3.63, 3.8) is 0 Å². The Balaban J connectivity index is 1.84. The maximum atomic E-state index is 14.1. The van der Waals surface area contributed by atoms with Crippen LogP contribution in [0.1, 0.15) is 31.4 Å². The molecular formula is C23H24F2N4O2. The smallest absolute Gasteiger partial charge is 0.267 e. The molecule has 2 N–H and O–H groups in total. The van der Waals surface area contributed by atoms with Crippen LogP contribution in [-0.4, -0.2) is 45.2 Å². The summed E-state index contributed by atoms with van der Waals surface area (Å²) in [6, 6.07) is 9.83. The van der Waals surface area contributed by atoms with Crippen molar-refractivity contribution in [1.29, 1.82) is 0 Å². The molecule has 2 heterocycles. The summed E-state index contributed by atoms with van der Waals surface area (Å²) >= 11 is 0. The van der Waals surface area contributed by atoms with Crippen LogP contribution in [0.2, 0.25) is 0 Å². The molecule has 1 unspecified atom stereocenters. The monoisotopic (exact) mass is 426 g/mol. The number of likely N-dealkylation sites (N-methyl/N-ethyl adjacent to an activating group) is 1. The van der Waals surface area contributed by atoms with Gasteiger partial charge in [0.25, 0.3) is 5.91 Å². The Morgan fingerprint density at radius 3 is 2.87 bits per heavy atom. The summed E-state index contributed by atoms with van der Waals surface area (Å²) < 4.78 is 30.1. The minimum atomic E-state index is -0.922. The van der Waals surface area contributed by atoms with E-state index in [0.29, 0.717) is 16.9 Å². The van der Waals surface area contributed by atoms with Gasteiger partial charge in [0.1, 0.15) is 5.82 Å². The number of piperidine rings is 1. The minimum absolute atomic E-state index is 0.0814. The zero-order valence-corrected chi connectivity index (χ0v) is 17.2. The molecule has 1 aromatic heterocycles. The highest BCUT2D eigenvalue weighted by Crippen LogP contribution is 2.34. The van der Waals surface area contributed by atoms with Crippen LogP contribution in [0.5, 0.6) is 0 Å². The predicted octanol–water partition coefficient (Wildman–Crippen LogP) is 4.16. The first-order valence-electron chi connectivity index (χ1n) is 10.3. The number of halogens is 2. The second-order valence-electron chi connectivity index (χ2n) is 7.68. The van der Waals surface area contributed by atoms with Crippen molar-refractivity contribution >= 4 is 23.0 Å². The van der Waals surface area contributed by atoms with Gasteiger partial charge in [-0.15, -0.1) is 0 Å². The number of aromatic nitrogens is 2. The van der Waals surface area contributed by atoms with Crippen molar-refractivity contribution in [2.45, 2.75) is 25.8 Å². The van der Waals surface area contributed by atoms with Crippen molar-refractivity contribution in [3.8, 4) is 11.4 Å². The summed E-state index contributed by atoms with van der Waals surface area (Å²) in [6.45, 7) is 4.87. The number of amides is 1. The predicted molar refractivity (Wildman–Crippen MR) is 114 cm³/mol. The number of carbonyl (C=O) groups is 1. The van der Waals surface area contributed by atoms with E-state index in [9.17, 15) is 13.6 Å². The van der Waals surface area contributed by atoms with Gasteiger partial charge in [-0.3, -0.25) is 10.0 Å². The fourth-order valence-electron chi connectivity index (χ4n) is 4.18. The van der Waals surface area contributed by atoms with Crippen molar-refractivity contribution < 1.29 is 18.8 Å². The maximum Gasteiger partial charge on any atom is 0.267 e. The van der Waals surface area contributed by atoms with Gasteiger partial charge in [-0.1, -0.05) is 25.1 Å². The number of imidazole rings is 1. The number of rotatable bonds is 5. The number of likely N-dealkylation sites (tertiary alicyclic amines) is 1. The van der Waals surface area contributed by atoms with Crippen LogP contribution >= 0.6 is 0 Å². The van der Waals surface area contributed by atoms with E-state index in [2.05, 4.69) is 16.8 Å². The first-order chi connectivity index (χ1) is 15.0. The van der Waals surface area contributed by atoms with Gasteiger partial charge in [0, 0.05) is 36.4 Å². The van der Waals surface area contributed by atoms with E-state index < -0.39 is 17.5 Å². The zero-order chi connectivity index (χ0) is 22.0. The summed E-state index contributed by atoms with van der Waals surface area (Å²) in [5.74, 6) is -1.82. The molecular weight excluding hydrogens is 402 g/mol. The van der Waals surface area contributed by atoms with Crippen molar-refractivity contribution in [2.24, 2.45) is 0 Å². The Morgan fingerprint density at radius 1 is 1.29 bits per heavy atom. The highest BCUT2D eigenvalue weighted by atomic mass is 19.2. The Kier molecular flexibility index (Phi) is 6.11. The zero-order valence-electron chi connectivity index (χ0n) is 17.2. The van der Waals surface area contributed by atoms with Crippen LogP contribution in [0, 0.1) is 11.6 Å². The Bertz CT molecular complexity index is 1140. The average molecular weight is 426 g/mol. The second-order valence-corrected chi connectivity index (χ2v) is 7.68. The van der Waals surface area contributed by atoms with Crippen molar-refractivity contribution in [3.05, 3.63) is 59.7 Å². The maximum absolute atomic E-state index is 14.1. The lowest BCUT2D eigenvalue weighted by molar-refractivity contribution is -0.124. The van der Waals surface area contributed by atoms with Crippen molar-refractivity contribution in [2.75, 3.05) is 19.6 Å². The van der Waals surface area contributed by atoms with E-state index in [1.165, 1.54) is 12.1 Å². The molecule has 1 saturated heterocycles. The standard InChI is InChI=1S/C23H24F2N4O2/c1-2-28-10-4-7-17(14-28)29-21-13-19(25)18(24)12-20(21)26-23(29)16-6-3-5-15(11-16)8-9-22(30)27-31/h3,5-6,8-9,11-13,17,31H,2,4,7,10,14H2,1H3,(H,27,30)/b9-8+. The molecule has 0 saturated carbocycles. The summed E-state index contributed by atoms with van der Waals surface area (Å²) in [5, 5.41) is 8.66. The largest absolute Gasteiger partial charge is 0.319 e. The van der Waals surface area contributed by atoms with E-state index in [1.807, 2.05) is 28.8 Å². The number of nitrogens with zero attached hydrogens (tertiary/aromatic N) is 3. The van der Waals surface area contributed by atoms with Crippen LogP contribution in [0.15, 0.2) is 42.5 Å². The van der Waals surface area contributed by atoms with Gasteiger partial charge < -0.3 is 9.47 Å². The van der Waals surface area contributed by atoms with Crippen LogP contribution in [-0.2, 0) is 4.79 Å². The summed E-state index contributed by atoms with van der Waals surface area (Å²) in [4.78, 5) is 18.3. The number of fused-ring (bicyclic) bond motifs is 1. The van der Waals surface area contributed by atoms with E-state index in [0.717, 1.165) is 49.7 Å². The van der Waals surface area contributed by atoms with Crippen molar-refractivity contribution in [1.82, 2.24) is 19.9 Å². The number of hydroxylamine groups is 1. The number of carbonyl (C=O) groups excluding carboxylic acids is 1. The van der Waals surface area contributed by atoms with Gasteiger partial charge in [-0.25, -0.2) is 19.2 Å². The summed E-state index contributed by atoms with van der Waals surface area (Å²) in [6.07, 6.45) is 4.72. The molecule has 0 spiro atoms. The van der Waals surface area contributed by atoms with Crippen LogP contribution in [0.3, 0.4) is 0 Å². The van der Waals surface area contributed by atoms with Gasteiger partial charge >= 0.3 is 0 Å². The fraction of sp³-hybridized carbons (Fsp3) is 0.304. The molecule has 1 aliphatic rings. The van der Waals surface area contributed by atoms with Gasteiger partial charge in [-0.2, -0.15) is 0 Å². The van der Waals surface area contributed by atoms with E-state index in [4.69, 9.17) is 5.21 Å². The number of hydrogen-bond donors (Lipinski definition) is 2. The van der Waals surface area contributed by atoms with E-state index in [1.54, 1.807) is 11.6 Å². The summed E-state index contributed by atoms with van der Waals surface area (Å²) in [5.41, 5.74) is 4.03. The highest BCUT2D eigenvalue weighted by Gasteiger charge is 2.26. The lowest BCUT2D eigenvalue weighted by Gasteiger charge is -2.33. The molecule has 0 bridgehead atoms. The number of benzene rings is 2. The molecule has 1 fully saturated rings. The minimum Gasteiger partial charge on any atom is -0.319 e. The first-order valence-corrected chi connectivity index (χ1v) is 10.3. The third-order valence-electron chi connectivity index (χ3n) is 5.71. The SMILES string of the molecule is CCN1CCCC(n2c(-c3cccc(/C=C/C(=O)NO)c3)nc3cc(F)c(F)cc32)C1. The van der Waals surface area contributed by atoms with Crippen LogP contribution in [0.4, 0.5) is 8.78 Å². The fourth-order valence-corrected chi connectivity index (χ4v) is 4.18. The normalized spacial score (nSPS) is 17.5. The van der Waals surface area contributed by atoms with Gasteiger partial charge in [0.05, 0.1) is 11.0 Å². The molecule has 6 nitrogen and oxygen atoms in total. The molecule has 4 rings (SSSR count). The topological polar surface area (TPSA) is 70.4 Å². The third-order valence-corrected chi connectivity index (χ3v) is 5.71. The van der Waals surface area contributed by atoms with E-state index >= 15 is 0 Å². The third kappa shape index (κ3) is 4.35. The molecule has 1 aliphatic heterocycles. The van der Waals surface area contributed by atoms with Crippen LogP contribution < -0.4 is 5.48 Å². The second kappa shape index (κ2) is 8.95. The Morgan fingerprint density at radius 2 is 2.10 bits per heavy atom. The Labute approximate surface area is 178 Å². The number of hydrogen-bond acceptors (Lipinski definition) is 4. The van der Waals surface area contributed by atoms with Gasteiger partial charge in [-0.05, 0) is 43.6 Å². The van der Waals surface area contributed by atoms with E-state index in [-0.39, 0.29) is 6.04 Å². The van der Waals surface area contributed by atoms with Gasteiger partial charge in [0.15, 0.2) is 11.6 Å². The molecule has 0 aliphatic carbocycles. The lowest BCUT2D eigenvalue weighted by Crippen LogP contribution is -2.36. The molecule has 1 amide bonds. The molecule has 8 heteroatoms.